The summed E-state index contributed by atoms with van der Waals surface area (Å²) in [7, 11) is 1.86. The van der Waals surface area contributed by atoms with Crippen LogP contribution in [0.25, 0.3) is 0 Å². The van der Waals surface area contributed by atoms with Gasteiger partial charge in [-0.3, -0.25) is 9.48 Å². The minimum atomic E-state index is -4.39. The highest BCUT2D eigenvalue weighted by atomic mass is 19.4. The zero-order valence-corrected chi connectivity index (χ0v) is 11.5. The first kappa shape index (κ1) is 15.8. The Labute approximate surface area is 119 Å². The van der Waals surface area contributed by atoms with E-state index in [0.717, 1.165) is 12.7 Å². The highest BCUT2D eigenvalue weighted by molar-refractivity contribution is 5.92. The molecule has 0 aromatic carbocycles. The van der Waals surface area contributed by atoms with E-state index in [0.29, 0.717) is 17.6 Å². The molecule has 1 aliphatic rings. The number of β-amino-alcohol motifs (C(OH)–C–C–N with tert-alkyl or cyclic N) is 1. The third-order valence-electron chi connectivity index (χ3n) is 3.32. The number of carbonyl (C=O) groups excluding carboxylic acids is 1. The van der Waals surface area contributed by atoms with Gasteiger partial charge in [-0.25, -0.2) is 0 Å². The number of amides is 1. The van der Waals surface area contributed by atoms with Crippen molar-refractivity contribution in [3.63, 3.8) is 0 Å². The molecule has 0 aliphatic carbocycles. The van der Waals surface area contributed by atoms with Crippen molar-refractivity contribution < 1.29 is 23.1 Å². The minimum Gasteiger partial charge on any atom is -0.387 e. The lowest BCUT2D eigenvalue weighted by Crippen LogP contribution is -2.44. The Hall–Kier alpha value is -1.61. The van der Waals surface area contributed by atoms with Crippen LogP contribution in [0, 0.1) is 0 Å². The maximum absolute atomic E-state index is 12.2. The number of hydrogen-bond donors (Lipinski definition) is 2. The number of hydrogen-bond acceptors (Lipinski definition) is 4. The van der Waals surface area contributed by atoms with Crippen molar-refractivity contribution in [2.75, 3.05) is 26.7 Å². The molecule has 118 valence electrons. The summed E-state index contributed by atoms with van der Waals surface area (Å²) in [6.07, 6.45) is -2.75. The first-order valence-corrected chi connectivity index (χ1v) is 6.46. The lowest BCUT2D eigenvalue weighted by molar-refractivity contribution is -0.142. The van der Waals surface area contributed by atoms with Gasteiger partial charge in [-0.1, -0.05) is 0 Å². The highest BCUT2D eigenvalue weighted by Crippen LogP contribution is 2.19. The topological polar surface area (TPSA) is 70.4 Å². The molecule has 0 bridgehead atoms. The molecule has 1 atom stereocenters. The second-order valence-corrected chi connectivity index (χ2v) is 5.41. The minimum absolute atomic E-state index is 0.0440. The largest absolute Gasteiger partial charge is 0.408 e. The fraction of sp³-hybridized carbons (Fsp3) is 0.667. The van der Waals surface area contributed by atoms with Gasteiger partial charge in [0.25, 0.3) is 5.91 Å². The van der Waals surface area contributed by atoms with E-state index >= 15 is 0 Å². The molecule has 21 heavy (non-hydrogen) atoms. The number of likely N-dealkylation sites (N-methyl/N-ethyl adjacent to an activating group) is 1. The van der Waals surface area contributed by atoms with Gasteiger partial charge >= 0.3 is 6.18 Å². The molecule has 1 unspecified atom stereocenters. The zero-order chi connectivity index (χ0) is 15.7. The maximum Gasteiger partial charge on any atom is 0.408 e. The second kappa shape index (κ2) is 5.64. The van der Waals surface area contributed by atoms with Crippen LogP contribution in [0.5, 0.6) is 0 Å². The van der Waals surface area contributed by atoms with E-state index in [4.69, 9.17) is 0 Å². The van der Waals surface area contributed by atoms with Crippen molar-refractivity contribution in [2.24, 2.45) is 0 Å². The summed E-state index contributed by atoms with van der Waals surface area (Å²) in [6.45, 7) is -0.0281. The van der Waals surface area contributed by atoms with Crippen LogP contribution >= 0.6 is 0 Å². The monoisotopic (exact) mass is 306 g/mol. The number of nitrogens with zero attached hydrogens (tertiary/aromatic N) is 3. The van der Waals surface area contributed by atoms with Gasteiger partial charge < -0.3 is 15.3 Å². The van der Waals surface area contributed by atoms with Crippen LogP contribution in [0.1, 0.15) is 16.9 Å². The molecule has 0 saturated carbocycles. The zero-order valence-electron chi connectivity index (χ0n) is 11.5. The maximum atomic E-state index is 12.2. The van der Waals surface area contributed by atoms with Gasteiger partial charge in [0.2, 0.25) is 0 Å². The van der Waals surface area contributed by atoms with Gasteiger partial charge in [0.1, 0.15) is 12.2 Å². The number of aliphatic hydroxyl groups is 1. The van der Waals surface area contributed by atoms with E-state index in [9.17, 15) is 23.1 Å². The SMILES string of the molecule is CN1CCC(O)(CNC(=O)c2ccn(CC(F)(F)F)n2)C1. The molecule has 0 radical (unpaired) electrons. The molecule has 2 N–H and O–H groups in total. The van der Waals surface area contributed by atoms with Gasteiger partial charge in [0.15, 0.2) is 0 Å². The van der Waals surface area contributed by atoms with E-state index in [-0.39, 0.29) is 12.2 Å². The summed E-state index contributed by atoms with van der Waals surface area (Å²) >= 11 is 0. The van der Waals surface area contributed by atoms with Crippen molar-refractivity contribution in [1.82, 2.24) is 20.0 Å². The predicted octanol–water partition coefficient (Wildman–Crippen LogP) is 0.242. The van der Waals surface area contributed by atoms with Gasteiger partial charge in [0.05, 0.1) is 5.60 Å². The Morgan fingerprint density at radius 1 is 1.57 bits per heavy atom. The molecular formula is C12H17F3N4O2. The van der Waals surface area contributed by atoms with E-state index in [2.05, 4.69) is 10.4 Å². The van der Waals surface area contributed by atoms with Crippen molar-refractivity contribution in [2.45, 2.75) is 24.7 Å². The van der Waals surface area contributed by atoms with Crippen LogP contribution in [0.3, 0.4) is 0 Å². The summed E-state index contributed by atoms with van der Waals surface area (Å²) in [4.78, 5) is 13.7. The first-order chi connectivity index (χ1) is 9.67. The van der Waals surface area contributed by atoms with Crippen LogP contribution in [0.15, 0.2) is 12.3 Å². The standard InChI is InChI=1S/C12H17F3N4O2/c1-18-5-3-11(21,7-18)6-16-10(20)9-2-4-19(17-9)8-12(13,14)15/h2,4,21H,3,5-8H2,1H3,(H,16,20). The Balaban J connectivity index is 1.89. The number of carbonyl (C=O) groups is 1. The number of rotatable bonds is 4. The number of halogens is 3. The lowest BCUT2D eigenvalue weighted by atomic mass is 10.0. The normalized spacial score (nSPS) is 23.5. The number of likely N-dealkylation sites (tertiary alicyclic amines) is 1. The summed E-state index contributed by atoms with van der Waals surface area (Å²) in [5.74, 6) is -0.598. The number of nitrogens with one attached hydrogen (secondary N) is 1. The molecule has 2 heterocycles. The fourth-order valence-corrected chi connectivity index (χ4v) is 2.29. The second-order valence-electron chi connectivity index (χ2n) is 5.41. The molecule has 9 heteroatoms. The molecule has 1 saturated heterocycles. The quantitative estimate of drug-likeness (QED) is 0.836. The Morgan fingerprint density at radius 3 is 2.86 bits per heavy atom. The Bertz CT molecular complexity index is 517. The van der Waals surface area contributed by atoms with E-state index in [1.54, 1.807) is 0 Å². The predicted molar refractivity (Wildman–Crippen MR) is 67.7 cm³/mol. The van der Waals surface area contributed by atoms with Crippen LogP contribution in [0.2, 0.25) is 0 Å². The third kappa shape index (κ3) is 4.43. The summed E-state index contributed by atoms with van der Waals surface area (Å²) in [5, 5.41) is 16.3. The summed E-state index contributed by atoms with van der Waals surface area (Å²) in [5.41, 5.74) is -1.10. The van der Waals surface area contributed by atoms with E-state index < -0.39 is 24.2 Å². The van der Waals surface area contributed by atoms with Crippen molar-refractivity contribution in [1.29, 1.82) is 0 Å². The summed E-state index contributed by atoms with van der Waals surface area (Å²) in [6, 6.07) is 1.21. The van der Waals surface area contributed by atoms with Gasteiger partial charge in [-0.15, -0.1) is 0 Å². The van der Waals surface area contributed by atoms with Crippen LogP contribution in [-0.2, 0) is 6.54 Å². The van der Waals surface area contributed by atoms with Crippen LogP contribution < -0.4 is 5.32 Å². The molecular weight excluding hydrogens is 289 g/mol. The summed E-state index contributed by atoms with van der Waals surface area (Å²) < 4.78 is 37.2. The molecule has 6 nitrogen and oxygen atoms in total. The first-order valence-electron chi connectivity index (χ1n) is 6.46. The number of aromatic nitrogens is 2. The van der Waals surface area contributed by atoms with Crippen molar-refractivity contribution in [3.8, 4) is 0 Å². The lowest BCUT2D eigenvalue weighted by Gasteiger charge is -2.22. The fourth-order valence-electron chi connectivity index (χ4n) is 2.29. The molecule has 1 fully saturated rings. The van der Waals surface area contributed by atoms with Gasteiger partial charge in [-0.05, 0) is 19.5 Å². The van der Waals surface area contributed by atoms with E-state index in [1.807, 2.05) is 11.9 Å². The Kier molecular flexibility index (Phi) is 4.24. The molecule has 2 rings (SSSR count). The third-order valence-corrected chi connectivity index (χ3v) is 3.32. The van der Waals surface area contributed by atoms with Crippen LogP contribution in [0.4, 0.5) is 13.2 Å². The van der Waals surface area contributed by atoms with Crippen LogP contribution in [-0.4, -0.2) is 64.2 Å². The average molecular weight is 306 g/mol. The van der Waals surface area contributed by atoms with Crippen molar-refractivity contribution in [3.05, 3.63) is 18.0 Å². The smallest absolute Gasteiger partial charge is 0.387 e. The molecule has 1 aromatic heterocycles. The van der Waals surface area contributed by atoms with Gasteiger partial charge in [0, 0.05) is 25.8 Å². The highest BCUT2D eigenvalue weighted by Gasteiger charge is 2.35. The molecule has 1 amide bonds. The van der Waals surface area contributed by atoms with E-state index in [1.165, 1.54) is 6.07 Å². The molecule has 1 aliphatic heterocycles. The Morgan fingerprint density at radius 2 is 2.29 bits per heavy atom. The van der Waals surface area contributed by atoms with Gasteiger partial charge in [-0.2, -0.15) is 18.3 Å². The number of alkyl halides is 3. The molecule has 0 spiro atoms. The average Bonchev–Trinajstić information content (AvgIpc) is 2.92. The van der Waals surface area contributed by atoms with Crippen molar-refractivity contribution >= 4 is 5.91 Å². The molecule has 1 aromatic rings.